The lowest BCUT2D eigenvalue weighted by Gasteiger charge is -2.30. The van der Waals surface area contributed by atoms with Crippen molar-refractivity contribution in [1.29, 1.82) is 0 Å². The fourth-order valence-corrected chi connectivity index (χ4v) is 6.50. The molecule has 1 atom stereocenters. The first kappa shape index (κ1) is 29.5. The standard InChI is InChI=1S/C32H39ClN4O3S/c1-3-4-5-11-20-39-25-18-16-23(17-19-25)29-28(30(38)40-26-13-7-6-8-14-26)22(2)34-31-35-32(36-37(29)31)41-21-24-12-9-10-15-27(24)33/h9-10,12,15-19,26,29H,3-8,11,13-14,20-21H2,1-2H3,(H,34,35,36). The Morgan fingerprint density at radius 3 is 2.61 bits per heavy atom. The van der Waals surface area contributed by atoms with E-state index >= 15 is 0 Å². The zero-order valence-electron chi connectivity index (χ0n) is 23.9. The molecule has 0 radical (unpaired) electrons. The first-order valence-corrected chi connectivity index (χ1v) is 16.1. The largest absolute Gasteiger partial charge is 0.494 e. The van der Waals surface area contributed by atoms with Gasteiger partial charge in [0.15, 0.2) is 0 Å². The fourth-order valence-electron chi connectivity index (χ4n) is 5.39. The molecule has 2 aliphatic rings. The van der Waals surface area contributed by atoms with Crippen molar-refractivity contribution in [3.8, 4) is 5.75 Å². The first-order valence-electron chi connectivity index (χ1n) is 14.8. The molecule has 2 aromatic carbocycles. The average Bonchev–Trinajstić information content (AvgIpc) is 3.39. The second kappa shape index (κ2) is 14.3. The Balaban J connectivity index is 1.39. The maximum atomic E-state index is 13.7. The van der Waals surface area contributed by atoms with Gasteiger partial charge in [0.05, 0.1) is 12.2 Å². The molecule has 0 saturated heterocycles. The summed E-state index contributed by atoms with van der Waals surface area (Å²) in [5.74, 6) is 1.76. The van der Waals surface area contributed by atoms with E-state index in [9.17, 15) is 4.79 Å². The smallest absolute Gasteiger partial charge is 0.338 e. The van der Waals surface area contributed by atoms with Crippen molar-refractivity contribution in [2.24, 2.45) is 0 Å². The Kier molecular flexibility index (Phi) is 10.3. The molecule has 0 spiro atoms. The van der Waals surface area contributed by atoms with Crippen LogP contribution >= 0.6 is 23.4 Å². The molecule has 1 fully saturated rings. The summed E-state index contributed by atoms with van der Waals surface area (Å²) in [7, 11) is 0. The van der Waals surface area contributed by atoms with Gasteiger partial charge in [-0.3, -0.25) is 0 Å². The van der Waals surface area contributed by atoms with E-state index in [0.29, 0.717) is 29.0 Å². The van der Waals surface area contributed by atoms with E-state index < -0.39 is 6.04 Å². The van der Waals surface area contributed by atoms with Gasteiger partial charge in [0.1, 0.15) is 17.9 Å². The molecule has 218 valence electrons. The summed E-state index contributed by atoms with van der Waals surface area (Å²) in [6.45, 7) is 4.81. The number of hydrogen-bond donors (Lipinski definition) is 1. The Hall–Kier alpha value is -2.97. The highest BCUT2D eigenvalue weighted by Crippen LogP contribution is 2.38. The highest BCUT2D eigenvalue weighted by Gasteiger charge is 2.36. The van der Waals surface area contributed by atoms with Crippen LogP contribution in [-0.4, -0.2) is 33.4 Å². The van der Waals surface area contributed by atoms with Gasteiger partial charge in [-0.05, 0) is 68.4 Å². The molecule has 2 heterocycles. The molecule has 0 amide bonds. The molecule has 41 heavy (non-hydrogen) atoms. The van der Waals surface area contributed by atoms with Crippen molar-refractivity contribution in [1.82, 2.24) is 14.8 Å². The van der Waals surface area contributed by atoms with Gasteiger partial charge in [-0.25, -0.2) is 9.48 Å². The van der Waals surface area contributed by atoms with E-state index in [-0.39, 0.29) is 12.1 Å². The molecule has 0 bridgehead atoms. The summed E-state index contributed by atoms with van der Waals surface area (Å²) in [6, 6.07) is 15.3. The van der Waals surface area contributed by atoms with Gasteiger partial charge in [-0.1, -0.05) is 86.3 Å². The minimum Gasteiger partial charge on any atom is -0.494 e. The van der Waals surface area contributed by atoms with Crippen molar-refractivity contribution in [3.05, 3.63) is 76.0 Å². The number of halogens is 1. The molecule has 5 rings (SSSR count). The van der Waals surface area contributed by atoms with Crippen LogP contribution in [0.25, 0.3) is 0 Å². The monoisotopic (exact) mass is 594 g/mol. The van der Waals surface area contributed by atoms with Gasteiger partial charge < -0.3 is 14.8 Å². The molecule has 1 aromatic heterocycles. The van der Waals surface area contributed by atoms with Gasteiger partial charge in [-0.15, -0.1) is 5.10 Å². The number of nitrogens with one attached hydrogen (secondary N) is 1. The molecule has 3 aromatic rings. The second-order valence-corrected chi connectivity index (χ2v) is 12.1. The zero-order valence-corrected chi connectivity index (χ0v) is 25.5. The number of thioether (sulfide) groups is 1. The van der Waals surface area contributed by atoms with Crippen LogP contribution in [0.1, 0.15) is 88.8 Å². The average molecular weight is 595 g/mol. The van der Waals surface area contributed by atoms with E-state index in [0.717, 1.165) is 59.7 Å². The van der Waals surface area contributed by atoms with Crippen molar-refractivity contribution < 1.29 is 14.3 Å². The summed E-state index contributed by atoms with van der Waals surface area (Å²) >= 11 is 7.89. The first-order chi connectivity index (χ1) is 20.0. The third kappa shape index (κ3) is 7.46. The lowest BCUT2D eigenvalue weighted by atomic mass is 9.95. The third-order valence-corrected chi connectivity index (χ3v) is 8.91. The van der Waals surface area contributed by atoms with Crippen molar-refractivity contribution in [3.63, 3.8) is 0 Å². The topological polar surface area (TPSA) is 78.3 Å². The van der Waals surface area contributed by atoms with Crippen molar-refractivity contribution >= 4 is 35.3 Å². The van der Waals surface area contributed by atoms with Crippen LogP contribution in [0.3, 0.4) is 0 Å². The van der Waals surface area contributed by atoms with E-state index in [2.05, 4.69) is 12.2 Å². The van der Waals surface area contributed by atoms with Gasteiger partial charge in [0.25, 0.3) is 0 Å². The Bertz CT molecular complexity index is 1350. The number of allylic oxidation sites excluding steroid dienone is 1. The molecule has 9 heteroatoms. The summed E-state index contributed by atoms with van der Waals surface area (Å²) in [5, 5.41) is 9.51. The maximum absolute atomic E-state index is 13.7. The van der Waals surface area contributed by atoms with Crippen LogP contribution < -0.4 is 10.1 Å². The number of nitrogens with zero attached hydrogens (tertiary/aromatic N) is 3. The number of rotatable bonds is 12. The summed E-state index contributed by atoms with van der Waals surface area (Å²) < 4.78 is 13.8. The number of hydrogen-bond acceptors (Lipinski definition) is 7. The van der Waals surface area contributed by atoms with Gasteiger partial charge in [0.2, 0.25) is 11.1 Å². The summed E-state index contributed by atoms with van der Waals surface area (Å²) in [6.07, 6.45) is 9.81. The number of ether oxygens (including phenoxy) is 2. The number of aromatic nitrogens is 3. The number of anilines is 1. The number of fused-ring (bicyclic) bond motifs is 1. The van der Waals surface area contributed by atoms with E-state index in [1.54, 1.807) is 4.68 Å². The number of benzene rings is 2. The van der Waals surface area contributed by atoms with E-state index in [1.165, 1.54) is 37.4 Å². The Morgan fingerprint density at radius 2 is 1.85 bits per heavy atom. The Morgan fingerprint density at radius 1 is 1.07 bits per heavy atom. The molecule has 1 unspecified atom stereocenters. The second-order valence-electron chi connectivity index (χ2n) is 10.8. The SMILES string of the molecule is CCCCCCOc1ccc(C2C(C(=O)OC3CCCCC3)=C(C)Nc3nc(SCc4ccccc4Cl)nn32)cc1. The predicted molar refractivity (Wildman–Crippen MR) is 165 cm³/mol. The van der Waals surface area contributed by atoms with Gasteiger partial charge in [-0.2, -0.15) is 4.98 Å². The zero-order chi connectivity index (χ0) is 28.6. The third-order valence-electron chi connectivity index (χ3n) is 7.66. The molecule has 1 aliphatic heterocycles. The minimum atomic E-state index is -0.469. The van der Waals surface area contributed by atoms with Crippen molar-refractivity contribution in [2.45, 2.75) is 94.7 Å². The van der Waals surface area contributed by atoms with Crippen LogP contribution in [0.5, 0.6) is 5.75 Å². The fraction of sp³-hybridized carbons (Fsp3) is 0.469. The molecule has 1 N–H and O–H groups in total. The van der Waals surface area contributed by atoms with Crippen LogP contribution in [0, 0.1) is 0 Å². The summed E-state index contributed by atoms with van der Waals surface area (Å²) in [5.41, 5.74) is 3.24. The molecule has 1 aliphatic carbocycles. The number of unbranched alkanes of at least 4 members (excludes halogenated alkanes) is 3. The maximum Gasteiger partial charge on any atom is 0.338 e. The van der Waals surface area contributed by atoms with Gasteiger partial charge >= 0.3 is 5.97 Å². The number of carbonyl (C=O) groups excluding carboxylic acids is 1. The minimum absolute atomic E-state index is 0.0421. The van der Waals surface area contributed by atoms with Crippen LogP contribution in [0.2, 0.25) is 5.02 Å². The summed E-state index contributed by atoms with van der Waals surface area (Å²) in [4.78, 5) is 18.5. The van der Waals surface area contributed by atoms with E-state index in [1.807, 2.05) is 55.5 Å². The predicted octanol–water partition coefficient (Wildman–Crippen LogP) is 8.35. The molecule has 1 saturated carbocycles. The van der Waals surface area contributed by atoms with Crippen LogP contribution in [0.15, 0.2) is 65.0 Å². The molecule has 7 nitrogen and oxygen atoms in total. The quantitative estimate of drug-likeness (QED) is 0.128. The van der Waals surface area contributed by atoms with Crippen LogP contribution in [-0.2, 0) is 15.3 Å². The van der Waals surface area contributed by atoms with E-state index in [4.69, 9.17) is 31.2 Å². The lowest BCUT2D eigenvalue weighted by Crippen LogP contribution is -2.32. The normalized spacial score (nSPS) is 17.2. The number of esters is 1. The highest BCUT2D eigenvalue weighted by atomic mass is 35.5. The highest BCUT2D eigenvalue weighted by molar-refractivity contribution is 7.98. The molecular weight excluding hydrogens is 556 g/mol. The lowest BCUT2D eigenvalue weighted by molar-refractivity contribution is -0.146. The molecular formula is C32H39ClN4O3S. The van der Waals surface area contributed by atoms with Crippen LogP contribution in [0.4, 0.5) is 5.95 Å². The van der Waals surface area contributed by atoms with Gasteiger partial charge in [0, 0.05) is 16.5 Å². The van der Waals surface area contributed by atoms with Crippen molar-refractivity contribution in [2.75, 3.05) is 11.9 Å². The Labute approximate surface area is 252 Å². The number of carbonyl (C=O) groups is 1.